The summed E-state index contributed by atoms with van der Waals surface area (Å²) in [6.07, 6.45) is 1.81. The zero-order valence-electron chi connectivity index (χ0n) is 12.7. The second kappa shape index (κ2) is 9.10. The van der Waals surface area contributed by atoms with Crippen LogP contribution in [-0.2, 0) is 4.79 Å². The van der Waals surface area contributed by atoms with E-state index in [9.17, 15) is 4.79 Å². The maximum Gasteiger partial charge on any atom is 0.242 e. The molecule has 0 saturated carbocycles. The highest BCUT2D eigenvalue weighted by molar-refractivity contribution is 7.11. The molecule has 1 heterocycles. The number of benzene rings is 1. The first-order valence-corrected chi connectivity index (χ1v) is 7.34. The van der Waals surface area contributed by atoms with Gasteiger partial charge in [-0.1, -0.05) is 29.8 Å². The van der Waals surface area contributed by atoms with E-state index in [-0.39, 0.29) is 36.8 Å². The zero-order valence-corrected chi connectivity index (χ0v) is 15.1. The van der Waals surface area contributed by atoms with E-state index in [2.05, 4.69) is 10.3 Å². The van der Waals surface area contributed by atoms with Crippen molar-refractivity contribution in [3.63, 3.8) is 0 Å². The molecule has 0 radical (unpaired) electrons. The van der Waals surface area contributed by atoms with Gasteiger partial charge in [0.15, 0.2) is 0 Å². The van der Waals surface area contributed by atoms with Crippen molar-refractivity contribution in [2.45, 2.75) is 32.9 Å². The van der Waals surface area contributed by atoms with Crippen molar-refractivity contribution in [3.8, 4) is 0 Å². The Morgan fingerprint density at radius 2 is 1.82 bits per heavy atom. The molecule has 0 aliphatic rings. The molecule has 0 spiro atoms. The SMILES string of the molecule is Cc1ccc(C(N)C(=O)NC(C)c2ncc(C)s2)cc1.Cl.Cl. The van der Waals surface area contributed by atoms with Crippen molar-refractivity contribution in [1.82, 2.24) is 10.3 Å². The van der Waals surface area contributed by atoms with Crippen LogP contribution in [0.3, 0.4) is 0 Å². The maximum absolute atomic E-state index is 12.2. The van der Waals surface area contributed by atoms with Crippen molar-refractivity contribution in [1.29, 1.82) is 0 Å². The number of nitrogens with one attached hydrogen (secondary N) is 1. The Balaban J connectivity index is 0.00000220. The van der Waals surface area contributed by atoms with Gasteiger partial charge in [0, 0.05) is 11.1 Å². The molecule has 0 fully saturated rings. The van der Waals surface area contributed by atoms with Gasteiger partial charge in [0.25, 0.3) is 0 Å². The standard InChI is InChI=1S/C15H19N3OS.2ClH/c1-9-4-6-12(7-5-9)13(16)14(19)18-11(3)15-17-8-10(2)20-15;;/h4-8,11,13H,16H2,1-3H3,(H,18,19);2*1H. The van der Waals surface area contributed by atoms with Gasteiger partial charge in [0.2, 0.25) is 5.91 Å². The summed E-state index contributed by atoms with van der Waals surface area (Å²) in [6.45, 7) is 5.91. The number of rotatable bonds is 4. The molecule has 0 aliphatic heterocycles. The molecule has 22 heavy (non-hydrogen) atoms. The van der Waals surface area contributed by atoms with Crippen molar-refractivity contribution < 1.29 is 4.79 Å². The number of carbonyl (C=O) groups excluding carboxylic acids is 1. The van der Waals surface area contributed by atoms with Gasteiger partial charge in [0.1, 0.15) is 11.0 Å². The van der Waals surface area contributed by atoms with Gasteiger partial charge >= 0.3 is 0 Å². The monoisotopic (exact) mass is 361 g/mol. The minimum absolute atomic E-state index is 0. The van der Waals surface area contributed by atoms with E-state index in [1.807, 2.05) is 51.2 Å². The lowest BCUT2D eigenvalue weighted by Crippen LogP contribution is -2.35. The van der Waals surface area contributed by atoms with Gasteiger partial charge < -0.3 is 11.1 Å². The smallest absolute Gasteiger partial charge is 0.242 e. The quantitative estimate of drug-likeness (QED) is 0.875. The van der Waals surface area contributed by atoms with Gasteiger partial charge in [-0.05, 0) is 26.3 Å². The molecule has 2 rings (SSSR count). The largest absolute Gasteiger partial charge is 0.345 e. The first kappa shape index (κ1) is 20.9. The highest BCUT2D eigenvalue weighted by Crippen LogP contribution is 2.20. The highest BCUT2D eigenvalue weighted by atomic mass is 35.5. The van der Waals surface area contributed by atoms with Gasteiger partial charge in [-0.25, -0.2) is 4.98 Å². The first-order valence-electron chi connectivity index (χ1n) is 6.52. The molecule has 1 aromatic heterocycles. The Hall–Kier alpha value is -1.14. The van der Waals surface area contributed by atoms with E-state index in [0.29, 0.717) is 0 Å². The Morgan fingerprint density at radius 1 is 1.23 bits per heavy atom. The molecule has 122 valence electrons. The van der Waals surface area contributed by atoms with Crippen LogP contribution < -0.4 is 11.1 Å². The van der Waals surface area contributed by atoms with Gasteiger partial charge in [-0.3, -0.25) is 4.79 Å². The molecule has 1 amide bonds. The number of nitrogens with two attached hydrogens (primary N) is 1. The molecule has 2 unspecified atom stereocenters. The number of amides is 1. The molecule has 3 N–H and O–H groups in total. The summed E-state index contributed by atoms with van der Waals surface area (Å²) >= 11 is 1.58. The number of aryl methyl sites for hydroxylation is 2. The summed E-state index contributed by atoms with van der Waals surface area (Å²) < 4.78 is 0. The lowest BCUT2D eigenvalue weighted by atomic mass is 10.1. The molecular formula is C15H21Cl2N3OS. The van der Waals surface area contributed by atoms with Crippen LogP contribution in [0.4, 0.5) is 0 Å². The second-order valence-electron chi connectivity index (χ2n) is 4.93. The van der Waals surface area contributed by atoms with Gasteiger partial charge in [0.05, 0.1) is 6.04 Å². The average molecular weight is 362 g/mol. The van der Waals surface area contributed by atoms with Gasteiger partial charge in [-0.15, -0.1) is 36.2 Å². The summed E-state index contributed by atoms with van der Waals surface area (Å²) in [5, 5.41) is 3.80. The third-order valence-electron chi connectivity index (χ3n) is 3.09. The number of thiazole rings is 1. The fourth-order valence-electron chi connectivity index (χ4n) is 1.86. The predicted octanol–water partition coefficient (Wildman–Crippen LogP) is 3.48. The molecule has 0 saturated heterocycles. The number of nitrogens with zero attached hydrogens (tertiary/aromatic N) is 1. The Morgan fingerprint density at radius 3 is 2.32 bits per heavy atom. The number of halogens is 2. The van der Waals surface area contributed by atoms with E-state index < -0.39 is 6.04 Å². The molecule has 2 atom stereocenters. The molecular weight excluding hydrogens is 341 g/mol. The normalized spacial score (nSPS) is 12.5. The lowest BCUT2D eigenvalue weighted by Gasteiger charge is -2.16. The maximum atomic E-state index is 12.2. The number of carbonyl (C=O) groups is 1. The Bertz CT molecular complexity index is 601. The zero-order chi connectivity index (χ0) is 14.7. The van der Waals surface area contributed by atoms with Crippen molar-refractivity contribution in [3.05, 3.63) is 51.5 Å². The van der Waals surface area contributed by atoms with Gasteiger partial charge in [-0.2, -0.15) is 0 Å². The molecule has 1 aromatic carbocycles. The first-order chi connectivity index (χ1) is 9.47. The van der Waals surface area contributed by atoms with E-state index in [4.69, 9.17) is 5.73 Å². The van der Waals surface area contributed by atoms with Crippen molar-refractivity contribution in [2.24, 2.45) is 5.73 Å². The van der Waals surface area contributed by atoms with Crippen LogP contribution in [0.25, 0.3) is 0 Å². The van der Waals surface area contributed by atoms with E-state index >= 15 is 0 Å². The third-order valence-corrected chi connectivity index (χ3v) is 4.18. The van der Waals surface area contributed by atoms with Crippen LogP contribution in [0.1, 0.15) is 40.0 Å². The Labute approximate surface area is 147 Å². The summed E-state index contributed by atoms with van der Waals surface area (Å²) in [7, 11) is 0. The van der Waals surface area contributed by atoms with Crippen LogP contribution >= 0.6 is 36.2 Å². The Kier molecular flexibility index (Phi) is 8.63. The third kappa shape index (κ3) is 5.25. The fraction of sp³-hybridized carbons (Fsp3) is 0.333. The van der Waals surface area contributed by atoms with Crippen molar-refractivity contribution in [2.75, 3.05) is 0 Å². The molecule has 7 heteroatoms. The summed E-state index contributed by atoms with van der Waals surface area (Å²) in [5.74, 6) is -0.186. The average Bonchev–Trinajstić information content (AvgIpc) is 2.85. The number of hydrogen-bond donors (Lipinski definition) is 2. The van der Waals surface area contributed by atoms with Crippen molar-refractivity contribution >= 4 is 42.1 Å². The van der Waals surface area contributed by atoms with Crippen LogP contribution in [0, 0.1) is 13.8 Å². The number of hydrogen-bond acceptors (Lipinski definition) is 4. The van der Waals surface area contributed by atoms with Crippen LogP contribution in [0.15, 0.2) is 30.5 Å². The second-order valence-corrected chi connectivity index (χ2v) is 6.19. The van der Waals surface area contributed by atoms with E-state index in [0.717, 1.165) is 21.0 Å². The molecule has 0 aliphatic carbocycles. The van der Waals surface area contributed by atoms with Crippen LogP contribution in [0.2, 0.25) is 0 Å². The topological polar surface area (TPSA) is 68.0 Å². The highest BCUT2D eigenvalue weighted by Gasteiger charge is 2.19. The minimum Gasteiger partial charge on any atom is -0.345 e. The molecule has 0 bridgehead atoms. The molecule has 2 aromatic rings. The summed E-state index contributed by atoms with van der Waals surface area (Å²) in [4.78, 5) is 17.6. The van der Waals surface area contributed by atoms with E-state index in [1.54, 1.807) is 11.3 Å². The molecule has 4 nitrogen and oxygen atoms in total. The number of aromatic nitrogens is 1. The van der Waals surface area contributed by atoms with E-state index in [1.165, 1.54) is 0 Å². The summed E-state index contributed by atoms with van der Waals surface area (Å²) in [6, 6.07) is 6.90. The fourth-order valence-corrected chi connectivity index (χ4v) is 2.64. The summed E-state index contributed by atoms with van der Waals surface area (Å²) in [5.41, 5.74) is 7.95. The minimum atomic E-state index is -0.654. The lowest BCUT2D eigenvalue weighted by molar-refractivity contribution is -0.123. The van der Waals surface area contributed by atoms with Crippen LogP contribution in [0.5, 0.6) is 0 Å². The predicted molar refractivity (Wildman–Crippen MR) is 96.0 cm³/mol. The van der Waals surface area contributed by atoms with Crippen LogP contribution in [-0.4, -0.2) is 10.9 Å².